The quantitative estimate of drug-likeness (QED) is 0.396. The molecule has 160 valence electrons. The van der Waals surface area contributed by atoms with E-state index in [0.717, 1.165) is 30.0 Å². The Morgan fingerprint density at radius 1 is 1.13 bits per heavy atom. The maximum Gasteiger partial charge on any atom is 0.344 e. The molecule has 3 aromatic rings. The number of esters is 1. The van der Waals surface area contributed by atoms with Gasteiger partial charge in [0.25, 0.3) is 0 Å². The van der Waals surface area contributed by atoms with E-state index in [1.165, 1.54) is 18.2 Å². The van der Waals surface area contributed by atoms with Crippen LogP contribution in [0.3, 0.4) is 0 Å². The summed E-state index contributed by atoms with van der Waals surface area (Å²) in [6.07, 6.45) is 0. The number of aromatic amines is 1. The first-order chi connectivity index (χ1) is 14.7. The van der Waals surface area contributed by atoms with E-state index in [1.54, 1.807) is 0 Å². The molecule has 31 heavy (non-hydrogen) atoms. The Kier molecular flexibility index (Phi) is 6.45. The highest BCUT2D eigenvalue weighted by Crippen LogP contribution is 2.24. The average molecular weight is 440 g/mol. The highest BCUT2D eigenvalue weighted by molar-refractivity contribution is 8.00. The van der Waals surface area contributed by atoms with E-state index in [2.05, 4.69) is 10.3 Å². The Balaban J connectivity index is 1.94. The molecular weight excluding hydrogens is 420 g/mol. The number of carboxylic acid groups (broad SMARTS) is 1. The molecule has 0 bridgehead atoms. The van der Waals surface area contributed by atoms with Crippen molar-refractivity contribution >= 4 is 46.2 Å². The summed E-state index contributed by atoms with van der Waals surface area (Å²) < 4.78 is 4.73. The number of H-pyrrole nitrogens is 1. The average Bonchev–Trinajstić information content (AvgIpc) is 2.74. The van der Waals surface area contributed by atoms with Gasteiger partial charge in [0.05, 0.1) is 29.0 Å². The minimum absolute atomic E-state index is 0.0161. The number of aromatic nitrogens is 1. The van der Waals surface area contributed by atoms with Gasteiger partial charge in [0, 0.05) is 11.1 Å². The van der Waals surface area contributed by atoms with Crippen LogP contribution in [0.15, 0.2) is 46.2 Å². The van der Waals surface area contributed by atoms with E-state index in [-0.39, 0.29) is 38.7 Å². The van der Waals surface area contributed by atoms with Gasteiger partial charge in [0.15, 0.2) is 0 Å². The molecule has 0 spiro atoms. The van der Waals surface area contributed by atoms with Crippen LogP contribution in [0, 0.1) is 13.8 Å². The number of pyridine rings is 1. The number of carbonyl (C=O) groups excluding carboxylic acids is 2. The smallest absolute Gasteiger partial charge is 0.344 e. The van der Waals surface area contributed by atoms with Crippen LogP contribution in [0.4, 0.5) is 5.69 Å². The zero-order valence-corrected chi connectivity index (χ0v) is 17.9. The Labute approximate surface area is 181 Å². The van der Waals surface area contributed by atoms with Gasteiger partial charge in [-0.3, -0.25) is 9.59 Å². The molecule has 0 aliphatic rings. The van der Waals surface area contributed by atoms with Crippen LogP contribution in [-0.2, 0) is 9.53 Å². The number of aryl methyl sites for hydroxylation is 2. The monoisotopic (exact) mass is 440 g/mol. The van der Waals surface area contributed by atoms with Crippen molar-refractivity contribution in [3.05, 3.63) is 68.9 Å². The largest absolute Gasteiger partial charge is 0.478 e. The number of amides is 1. The SMILES string of the molecule is COC(=O)c1c(SCC(=O)Nc2cc(C)ccc2C)[nH]c2cc(C(=O)O)ccc2c1=O. The van der Waals surface area contributed by atoms with Crippen LogP contribution in [0.25, 0.3) is 10.9 Å². The normalized spacial score (nSPS) is 10.7. The van der Waals surface area contributed by atoms with Crippen LogP contribution in [-0.4, -0.2) is 40.8 Å². The summed E-state index contributed by atoms with van der Waals surface area (Å²) in [4.78, 5) is 51.7. The highest BCUT2D eigenvalue weighted by atomic mass is 32.2. The van der Waals surface area contributed by atoms with Crippen LogP contribution in [0.5, 0.6) is 0 Å². The number of nitrogens with one attached hydrogen (secondary N) is 2. The molecular formula is C22H20N2O6S. The van der Waals surface area contributed by atoms with Crippen LogP contribution in [0.2, 0.25) is 0 Å². The lowest BCUT2D eigenvalue weighted by molar-refractivity contribution is -0.113. The third kappa shape index (κ3) is 4.77. The number of anilines is 1. The zero-order valence-electron chi connectivity index (χ0n) is 17.1. The molecule has 0 atom stereocenters. The molecule has 1 heterocycles. The second kappa shape index (κ2) is 9.05. The molecule has 0 saturated heterocycles. The van der Waals surface area contributed by atoms with Crippen LogP contribution < -0.4 is 10.7 Å². The Morgan fingerprint density at radius 2 is 1.87 bits per heavy atom. The third-order valence-electron chi connectivity index (χ3n) is 4.62. The minimum Gasteiger partial charge on any atom is -0.478 e. The summed E-state index contributed by atoms with van der Waals surface area (Å²) in [5, 5.41) is 12.3. The number of thioether (sulfide) groups is 1. The third-order valence-corrected chi connectivity index (χ3v) is 5.62. The molecule has 1 aromatic heterocycles. The first-order valence-corrected chi connectivity index (χ1v) is 10.2. The Bertz CT molecular complexity index is 1260. The predicted octanol–water partition coefficient (Wildman–Crippen LogP) is 3.36. The highest BCUT2D eigenvalue weighted by Gasteiger charge is 2.21. The summed E-state index contributed by atoms with van der Waals surface area (Å²) in [5.41, 5.74) is 1.97. The maximum absolute atomic E-state index is 12.9. The lowest BCUT2D eigenvalue weighted by Crippen LogP contribution is -2.21. The summed E-state index contributed by atoms with van der Waals surface area (Å²) in [7, 11) is 1.15. The van der Waals surface area contributed by atoms with Gasteiger partial charge in [0.1, 0.15) is 5.56 Å². The Hall–Kier alpha value is -3.59. The van der Waals surface area contributed by atoms with Gasteiger partial charge in [-0.1, -0.05) is 23.9 Å². The number of hydrogen-bond donors (Lipinski definition) is 3. The Morgan fingerprint density at radius 3 is 2.55 bits per heavy atom. The number of hydrogen-bond acceptors (Lipinski definition) is 6. The van der Waals surface area contributed by atoms with Crippen molar-refractivity contribution < 1.29 is 24.2 Å². The first kappa shape index (κ1) is 22.1. The standard InChI is InChI=1S/C22H20N2O6S/c1-11-4-5-12(2)15(8-11)23-17(25)10-31-20-18(22(29)30-3)19(26)14-7-6-13(21(27)28)9-16(14)24-20/h4-9H,10H2,1-3H3,(H,23,25)(H,24,26)(H,27,28). The maximum atomic E-state index is 12.9. The van der Waals surface area contributed by atoms with Crippen molar-refractivity contribution in [2.45, 2.75) is 18.9 Å². The molecule has 9 heteroatoms. The fourth-order valence-electron chi connectivity index (χ4n) is 2.99. The zero-order chi connectivity index (χ0) is 22.7. The van der Waals surface area contributed by atoms with Crippen molar-refractivity contribution in [1.82, 2.24) is 4.98 Å². The molecule has 0 fully saturated rings. The molecule has 0 radical (unpaired) electrons. The summed E-state index contributed by atoms with van der Waals surface area (Å²) in [6, 6.07) is 9.61. The van der Waals surface area contributed by atoms with Crippen molar-refractivity contribution in [1.29, 1.82) is 0 Å². The number of carboxylic acids is 1. The number of aromatic carboxylic acids is 1. The lowest BCUT2D eigenvalue weighted by Gasteiger charge is -2.12. The molecule has 0 aliphatic heterocycles. The number of fused-ring (bicyclic) bond motifs is 1. The van der Waals surface area contributed by atoms with Crippen molar-refractivity contribution in [2.75, 3.05) is 18.2 Å². The molecule has 3 rings (SSSR count). The molecule has 1 amide bonds. The molecule has 2 aromatic carbocycles. The van der Waals surface area contributed by atoms with E-state index in [9.17, 15) is 24.3 Å². The van der Waals surface area contributed by atoms with Crippen molar-refractivity contribution in [2.24, 2.45) is 0 Å². The van der Waals surface area contributed by atoms with E-state index in [4.69, 9.17) is 4.74 Å². The van der Waals surface area contributed by atoms with Gasteiger partial charge in [-0.2, -0.15) is 0 Å². The molecule has 0 aliphatic carbocycles. The van der Waals surface area contributed by atoms with E-state index < -0.39 is 17.4 Å². The van der Waals surface area contributed by atoms with Gasteiger partial charge in [-0.25, -0.2) is 9.59 Å². The van der Waals surface area contributed by atoms with Gasteiger partial charge >= 0.3 is 11.9 Å². The van der Waals surface area contributed by atoms with E-state index in [1.807, 2.05) is 32.0 Å². The van der Waals surface area contributed by atoms with Gasteiger partial charge < -0.3 is 20.1 Å². The minimum atomic E-state index is -1.15. The first-order valence-electron chi connectivity index (χ1n) is 9.22. The summed E-state index contributed by atoms with van der Waals surface area (Å²) in [5.74, 6) is -2.41. The second-order valence-corrected chi connectivity index (χ2v) is 7.86. The van der Waals surface area contributed by atoms with Crippen LogP contribution >= 0.6 is 11.8 Å². The number of ether oxygens (including phenoxy) is 1. The van der Waals surface area contributed by atoms with Crippen LogP contribution in [0.1, 0.15) is 31.8 Å². The number of benzene rings is 2. The fourth-order valence-corrected chi connectivity index (χ4v) is 3.84. The van der Waals surface area contributed by atoms with E-state index >= 15 is 0 Å². The molecule has 0 unspecified atom stereocenters. The lowest BCUT2D eigenvalue weighted by atomic mass is 10.1. The van der Waals surface area contributed by atoms with E-state index in [0.29, 0.717) is 5.69 Å². The summed E-state index contributed by atoms with van der Waals surface area (Å²) >= 11 is 0.956. The molecule has 8 nitrogen and oxygen atoms in total. The number of carbonyl (C=O) groups is 3. The van der Waals surface area contributed by atoms with Crippen molar-refractivity contribution in [3.8, 4) is 0 Å². The second-order valence-electron chi connectivity index (χ2n) is 6.87. The predicted molar refractivity (Wildman–Crippen MR) is 118 cm³/mol. The summed E-state index contributed by atoms with van der Waals surface area (Å²) in [6.45, 7) is 3.79. The van der Waals surface area contributed by atoms with Gasteiger partial charge in [0.2, 0.25) is 11.3 Å². The van der Waals surface area contributed by atoms with Gasteiger partial charge in [-0.05, 0) is 49.2 Å². The molecule has 0 saturated carbocycles. The molecule has 3 N–H and O–H groups in total. The number of methoxy groups -OCH3 is 1. The fraction of sp³-hybridized carbons (Fsp3) is 0.182. The number of rotatable bonds is 6. The topological polar surface area (TPSA) is 126 Å². The van der Waals surface area contributed by atoms with Crippen molar-refractivity contribution in [3.63, 3.8) is 0 Å². The van der Waals surface area contributed by atoms with Gasteiger partial charge in [-0.15, -0.1) is 0 Å².